The smallest absolute Gasteiger partial charge is 0.222 e. The molecule has 25 heavy (non-hydrogen) atoms. The number of hydrogen-bond donors (Lipinski definition) is 2. The predicted octanol–water partition coefficient (Wildman–Crippen LogP) is 1.37. The van der Waals surface area contributed by atoms with E-state index in [1.54, 1.807) is 7.05 Å². The average Bonchev–Trinajstić information content (AvgIpc) is 3.12. The Morgan fingerprint density at radius 2 is 2.12 bits per heavy atom. The number of nitrogens with one attached hydrogen (secondary N) is 2. The Bertz CT molecular complexity index is 613. The van der Waals surface area contributed by atoms with Gasteiger partial charge in [0.25, 0.3) is 0 Å². The first-order chi connectivity index (χ1) is 11.5. The van der Waals surface area contributed by atoms with Gasteiger partial charge in [-0.05, 0) is 32.3 Å². The molecule has 0 aromatic carbocycles. The molecule has 7 nitrogen and oxygen atoms in total. The van der Waals surface area contributed by atoms with Crippen molar-refractivity contribution < 1.29 is 4.79 Å². The van der Waals surface area contributed by atoms with Gasteiger partial charge < -0.3 is 15.5 Å². The molecule has 1 atom stereocenters. The number of hydrogen-bond acceptors (Lipinski definition) is 3. The molecule has 1 aliphatic rings. The van der Waals surface area contributed by atoms with Gasteiger partial charge in [0.1, 0.15) is 0 Å². The standard InChI is InChI=1S/C17H30N6O.HI/c1-6-16(24)23-10-8-14(11-23)20-17(18-4)19-9-7-15-12(2)21-22(5)13(15)3;/h14H,6-11H2,1-5H3,(H2,18,19,20);1H. The Kier molecular flexibility index (Phi) is 8.67. The van der Waals surface area contributed by atoms with Crippen molar-refractivity contribution in [3.63, 3.8) is 0 Å². The van der Waals surface area contributed by atoms with Gasteiger partial charge in [0.2, 0.25) is 5.91 Å². The fraction of sp³-hybridized carbons (Fsp3) is 0.706. The highest BCUT2D eigenvalue weighted by Crippen LogP contribution is 2.12. The van der Waals surface area contributed by atoms with Crippen LogP contribution in [0.1, 0.15) is 36.7 Å². The molecule has 2 rings (SSSR count). The minimum atomic E-state index is 0. The third-order valence-corrected chi connectivity index (χ3v) is 4.73. The molecule has 8 heteroatoms. The maximum atomic E-state index is 11.8. The molecule has 0 radical (unpaired) electrons. The summed E-state index contributed by atoms with van der Waals surface area (Å²) in [6.45, 7) is 8.44. The van der Waals surface area contributed by atoms with E-state index in [1.807, 2.05) is 30.5 Å². The van der Waals surface area contributed by atoms with Crippen molar-refractivity contribution in [2.45, 2.75) is 46.1 Å². The minimum absolute atomic E-state index is 0. The molecule has 1 amide bonds. The lowest BCUT2D eigenvalue weighted by atomic mass is 10.1. The molecule has 1 unspecified atom stereocenters. The van der Waals surface area contributed by atoms with Crippen LogP contribution in [0.25, 0.3) is 0 Å². The van der Waals surface area contributed by atoms with Crippen LogP contribution in [0.2, 0.25) is 0 Å². The highest BCUT2D eigenvalue weighted by atomic mass is 127. The summed E-state index contributed by atoms with van der Waals surface area (Å²) in [5.41, 5.74) is 3.59. The van der Waals surface area contributed by atoms with Crippen LogP contribution in [0.5, 0.6) is 0 Å². The van der Waals surface area contributed by atoms with Crippen molar-refractivity contribution in [2.75, 3.05) is 26.7 Å². The molecular formula is C17H31IN6O. The van der Waals surface area contributed by atoms with Gasteiger partial charge in [-0.25, -0.2) is 0 Å². The zero-order chi connectivity index (χ0) is 17.7. The summed E-state index contributed by atoms with van der Waals surface area (Å²) in [7, 11) is 3.75. The van der Waals surface area contributed by atoms with Gasteiger partial charge in [-0.2, -0.15) is 5.10 Å². The van der Waals surface area contributed by atoms with Crippen molar-refractivity contribution in [1.29, 1.82) is 0 Å². The van der Waals surface area contributed by atoms with E-state index in [-0.39, 0.29) is 35.9 Å². The molecule has 1 saturated heterocycles. The summed E-state index contributed by atoms with van der Waals surface area (Å²) >= 11 is 0. The fourth-order valence-corrected chi connectivity index (χ4v) is 3.20. The molecule has 2 N–H and O–H groups in total. The average molecular weight is 462 g/mol. The van der Waals surface area contributed by atoms with Gasteiger partial charge in [-0.1, -0.05) is 6.92 Å². The van der Waals surface area contributed by atoms with E-state index in [2.05, 4.69) is 27.6 Å². The summed E-state index contributed by atoms with van der Waals surface area (Å²) in [5.74, 6) is 1.02. The highest BCUT2D eigenvalue weighted by molar-refractivity contribution is 14.0. The number of carbonyl (C=O) groups excluding carboxylic acids is 1. The second-order valence-electron chi connectivity index (χ2n) is 6.35. The number of likely N-dealkylation sites (tertiary alicyclic amines) is 1. The van der Waals surface area contributed by atoms with Gasteiger partial charge in [0.05, 0.1) is 5.69 Å². The maximum absolute atomic E-state index is 11.8. The number of rotatable bonds is 5. The monoisotopic (exact) mass is 462 g/mol. The molecule has 0 aliphatic carbocycles. The summed E-state index contributed by atoms with van der Waals surface area (Å²) in [5, 5.41) is 11.2. The third-order valence-electron chi connectivity index (χ3n) is 4.73. The fourth-order valence-electron chi connectivity index (χ4n) is 3.20. The number of aryl methyl sites for hydroxylation is 2. The molecule has 0 saturated carbocycles. The van der Waals surface area contributed by atoms with Crippen LogP contribution in [-0.2, 0) is 18.3 Å². The van der Waals surface area contributed by atoms with Crippen molar-refractivity contribution in [1.82, 2.24) is 25.3 Å². The van der Waals surface area contributed by atoms with E-state index in [0.717, 1.165) is 44.1 Å². The minimum Gasteiger partial charge on any atom is -0.356 e. The number of aromatic nitrogens is 2. The molecule has 1 aromatic heterocycles. The van der Waals surface area contributed by atoms with Crippen LogP contribution in [0, 0.1) is 13.8 Å². The molecule has 1 aromatic rings. The van der Waals surface area contributed by atoms with E-state index in [0.29, 0.717) is 6.42 Å². The van der Waals surface area contributed by atoms with Crippen molar-refractivity contribution in [3.8, 4) is 0 Å². The molecule has 1 aliphatic heterocycles. The van der Waals surface area contributed by atoms with Crippen LogP contribution in [-0.4, -0.2) is 59.3 Å². The Labute approximate surface area is 167 Å². The quantitative estimate of drug-likeness (QED) is 0.394. The molecular weight excluding hydrogens is 431 g/mol. The molecule has 142 valence electrons. The lowest BCUT2D eigenvalue weighted by Crippen LogP contribution is -2.45. The highest BCUT2D eigenvalue weighted by Gasteiger charge is 2.25. The zero-order valence-electron chi connectivity index (χ0n) is 15.9. The predicted molar refractivity (Wildman–Crippen MR) is 112 cm³/mol. The Hall–Kier alpha value is -1.32. The van der Waals surface area contributed by atoms with Crippen LogP contribution in [0.3, 0.4) is 0 Å². The lowest BCUT2D eigenvalue weighted by molar-refractivity contribution is -0.129. The van der Waals surface area contributed by atoms with Gasteiger partial charge in [-0.3, -0.25) is 14.5 Å². The lowest BCUT2D eigenvalue weighted by Gasteiger charge is -2.18. The van der Waals surface area contributed by atoms with Crippen LogP contribution in [0.15, 0.2) is 4.99 Å². The van der Waals surface area contributed by atoms with Crippen molar-refractivity contribution >= 4 is 35.8 Å². The normalized spacial score (nSPS) is 17.4. The van der Waals surface area contributed by atoms with Gasteiger partial charge in [0, 0.05) is 51.9 Å². The maximum Gasteiger partial charge on any atom is 0.222 e. The number of aliphatic imine (C=N–C) groups is 1. The summed E-state index contributed by atoms with van der Waals surface area (Å²) in [4.78, 5) is 18.0. The van der Waals surface area contributed by atoms with Crippen LogP contribution >= 0.6 is 24.0 Å². The van der Waals surface area contributed by atoms with Crippen molar-refractivity contribution in [3.05, 3.63) is 17.0 Å². The number of amides is 1. The zero-order valence-corrected chi connectivity index (χ0v) is 18.3. The van der Waals surface area contributed by atoms with Crippen molar-refractivity contribution in [2.24, 2.45) is 12.0 Å². The van der Waals surface area contributed by atoms with Crippen LogP contribution in [0.4, 0.5) is 0 Å². The summed E-state index contributed by atoms with van der Waals surface area (Å²) in [6, 6.07) is 0.272. The Balaban J connectivity index is 0.00000312. The number of guanidine groups is 1. The summed E-state index contributed by atoms with van der Waals surface area (Å²) in [6.07, 6.45) is 2.45. The number of nitrogens with zero attached hydrogens (tertiary/aromatic N) is 4. The molecule has 2 heterocycles. The largest absolute Gasteiger partial charge is 0.356 e. The second-order valence-corrected chi connectivity index (χ2v) is 6.35. The molecule has 0 bridgehead atoms. The van der Waals surface area contributed by atoms with Gasteiger partial charge in [0.15, 0.2) is 5.96 Å². The van der Waals surface area contributed by atoms with E-state index >= 15 is 0 Å². The van der Waals surface area contributed by atoms with E-state index < -0.39 is 0 Å². The Morgan fingerprint density at radius 3 is 2.68 bits per heavy atom. The first-order valence-electron chi connectivity index (χ1n) is 8.70. The Morgan fingerprint density at radius 1 is 1.40 bits per heavy atom. The van der Waals surface area contributed by atoms with Gasteiger partial charge in [-0.15, -0.1) is 24.0 Å². The van der Waals surface area contributed by atoms with E-state index in [9.17, 15) is 4.79 Å². The van der Waals surface area contributed by atoms with Crippen LogP contribution < -0.4 is 10.6 Å². The topological polar surface area (TPSA) is 74.6 Å². The second kappa shape index (κ2) is 9.98. The SMILES string of the molecule is CCC(=O)N1CCC(NC(=NC)NCCc2c(C)nn(C)c2C)C1.I. The summed E-state index contributed by atoms with van der Waals surface area (Å²) < 4.78 is 1.93. The first-order valence-corrected chi connectivity index (χ1v) is 8.70. The number of halogens is 1. The molecule has 0 spiro atoms. The molecule has 1 fully saturated rings. The number of carbonyl (C=O) groups is 1. The van der Waals surface area contributed by atoms with E-state index in [1.165, 1.54) is 11.3 Å². The van der Waals surface area contributed by atoms with E-state index in [4.69, 9.17) is 0 Å². The van der Waals surface area contributed by atoms with Gasteiger partial charge >= 0.3 is 0 Å². The third kappa shape index (κ3) is 5.58. The first kappa shape index (κ1) is 21.7.